The van der Waals surface area contributed by atoms with Crippen LogP contribution in [-0.2, 0) is 16.8 Å². The zero-order valence-corrected chi connectivity index (χ0v) is 27.7. The summed E-state index contributed by atoms with van der Waals surface area (Å²) in [5.41, 5.74) is 4.44. The van der Waals surface area contributed by atoms with E-state index in [2.05, 4.69) is 77.4 Å². The van der Waals surface area contributed by atoms with E-state index in [1.165, 1.54) is 9.75 Å². The van der Waals surface area contributed by atoms with Gasteiger partial charge < -0.3 is 19.7 Å². The molecule has 2 aromatic carbocycles. The number of rotatable bonds is 7. The SMILES string of the molecule is CN1C=CC1.COc1ccc(C)c(C(=O)NC2(c3cc(-c4ccc(CN5CCOCC5)s4)cc4ncccc34)CC2)c1.CS. The molecule has 7 nitrogen and oxygen atoms in total. The first kappa shape index (κ1) is 32.0. The maximum absolute atomic E-state index is 13.5. The molecule has 1 amide bonds. The van der Waals surface area contributed by atoms with Gasteiger partial charge in [0.05, 0.1) is 31.4 Å². The number of pyridine rings is 1. The molecule has 1 saturated carbocycles. The predicted molar refractivity (Wildman–Crippen MR) is 184 cm³/mol. The third-order valence-corrected chi connectivity index (χ3v) is 9.33. The highest BCUT2D eigenvalue weighted by atomic mass is 32.1. The Labute approximate surface area is 270 Å². The third-order valence-electron chi connectivity index (χ3n) is 8.21. The molecule has 44 heavy (non-hydrogen) atoms. The fourth-order valence-corrected chi connectivity index (χ4v) is 6.52. The molecule has 232 valence electrons. The van der Waals surface area contributed by atoms with Gasteiger partial charge in [-0.1, -0.05) is 12.1 Å². The number of likely N-dealkylation sites (N-methyl/N-ethyl adjacent to an activating group) is 1. The number of thiophene rings is 1. The molecule has 4 heterocycles. The van der Waals surface area contributed by atoms with Crippen molar-refractivity contribution in [3.63, 3.8) is 0 Å². The van der Waals surface area contributed by atoms with Crippen LogP contribution in [-0.4, -0.2) is 74.0 Å². The van der Waals surface area contributed by atoms with Crippen molar-refractivity contribution in [3.8, 4) is 16.2 Å². The lowest BCUT2D eigenvalue weighted by atomic mass is 9.95. The Morgan fingerprint density at radius 2 is 1.86 bits per heavy atom. The van der Waals surface area contributed by atoms with E-state index in [4.69, 9.17) is 14.5 Å². The summed E-state index contributed by atoms with van der Waals surface area (Å²) in [4.78, 5) is 25.3. The number of hydrogen-bond donors (Lipinski definition) is 2. The summed E-state index contributed by atoms with van der Waals surface area (Å²) >= 11 is 5.36. The minimum atomic E-state index is -0.391. The summed E-state index contributed by atoms with van der Waals surface area (Å²) in [5.74, 6) is 0.614. The standard InChI is InChI=1S/C30H31N3O3S.C4H7N.CH4S/c1-20-5-6-22(35-2)18-25(20)29(34)32-30(9-10-30)26-16-21(17-27-24(26)4-3-11-31-27)28-8-7-23(37-28)19-33-12-14-36-15-13-33;1-5-3-2-4-5;1-2/h3-8,11,16-18H,9-10,12-15,19H2,1-2H3,(H,32,34);2-3H,4H2,1H3;2H,1H3. The number of aryl methyl sites for hydroxylation is 1. The highest BCUT2D eigenvalue weighted by Crippen LogP contribution is 2.49. The second-order valence-electron chi connectivity index (χ2n) is 11.3. The largest absolute Gasteiger partial charge is 0.497 e. The highest BCUT2D eigenvalue weighted by molar-refractivity contribution is 7.79. The molecule has 0 spiro atoms. The second kappa shape index (κ2) is 14.6. The smallest absolute Gasteiger partial charge is 0.252 e. The van der Waals surface area contributed by atoms with Gasteiger partial charge in [0.25, 0.3) is 5.91 Å². The van der Waals surface area contributed by atoms with Crippen molar-refractivity contribution in [3.05, 3.63) is 94.6 Å². The number of hydrogen-bond acceptors (Lipinski definition) is 8. The Morgan fingerprint density at radius 3 is 2.52 bits per heavy atom. The number of amides is 1. The van der Waals surface area contributed by atoms with E-state index in [1.807, 2.05) is 48.7 Å². The van der Waals surface area contributed by atoms with Crippen LogP contribution in [0.3, 0.4) is 0 Å². The Balaban J connectivity index is 0.000000492. The molecule has 1 aliphatic carbocycles. The average molecular weight is 631 g/mol. The number of benzene rings is 2. The number of nitrogens with zero attached hydrogens (tertiary/aromatic N) is 3. The van der Waals surface area contributed by atoms with Crippen LogP contribution < -0.4 is 10.1 Å². The number of methoxy groups -OCH3 is 1. The lowest BCUT2D eigenvalue weighted by Crippen LogP contribution is -2.35. The molecule has 2 aliphatic heterocycles. The van der Waals surface area contributed by atoms with Crippen molar-refractivity contribution in [2.24, 2.45) is 0 Å². The normalized spacial score (nSPS) is 16.6. The van der Waals surface area contributed by atoms with Gasteiger partial charge in [0.2, 0.25) is 0 Å². The van der Waals surface area contributed by atoms with E-state index in [1.54, 1.807) is 13.4 Å². The molecule has 1 saturated heterocycles. The van der Waals surface area contributed by atoms with Gasteiger partial charge in [-0.2, -0.15) is 12.6 Å². The molecule has 9 heteroatoms. The first-order chi connectivity index (χ1) is 21.4. The number of fused-ring (bicyclic) bond motifs is 1. The van der Waals surface area contributed by atoms with E-state index in [0.717, 1.165) is 79.8 Å². The Morgan fingerprint density at radius 1 is 1.11 bits per heavy atom. The molecule has 0 unspecified atom stereocenters. The zero-order chi connectivity index (χ0) is 31.1. The van der Waals surface area contributed by atoms with Gasteiger partial charge in [0.1, 0.15) is 5.75 Å². The number of morpholine rings is 1. The van der Waals surface area contributed by atoms with Gasteiger partial charge in [0.15, 0.2) is 0 Å². The molecule has 3 aliphatic rings. The number of thiol groups is 1. The van der Waals surface area contributed by atoms with Gasteiger partial charge >= 0.3 is 0 Å². The van der Waals surface area contributed by atoms with E-state index < -0.39 is 5.54 Å². The van der Waals surface area contributed by atoms with E-state index in [0.29, 0.717) is 11.3 Å². The van der Waals surface area contributed by atoms with Gasteiger partial charge in [-0.15, -0.1) is 11.3 Å². The molecular weight excluding hydrogens is 589 g/mol. The second-order valence-corrected chi connectivity index (χ2v) is 12.5. The van der Waals surface area contributed by atoms with Crippen LogP contribution >= 0.6 is 24.0 Å². The van der Waals surface area contributed by atoms with Crippen molar-refractivity contribution in [2.45, 2.75) is 31.8 Å². The lowest BCUT2D eigenvalue weighted by molar-refractivity contribution is 0.0346. The van der Waals surface area contributed by atoms with Gasteiger partial charge in [-0.25, -0.2) is 0 Å². The van der Waals surface area contributed by atoms with Crippen molar-refractivity contribution in [1.29, 1.82) is 0 Å². The van der Waals surface area contributed by atoms with Crippen LogP contribution in [0, 0.1) is 6.92 Å². The van der Waals surface area contributed by atoms with Gasteiger partial charge in [-0.3, -0.25) is 14.7 Å². The minimum absolute atomic E-state index is 0.0692. The number of nitrogens with one attached hydrogen (secondary N) is 1. The Hall–Kier alpha value is -3.37. The van der Waals surface area contributed by atoms with Crippen LogP contribution in [0.5, 0.6) is 5.75 Å². The Bertz CT molecular complexity index is 1610. The fraction of sp³-hybridized carbons (Fsp3) is 0.371. The molecule has 7 rings (SSSR count). The number of ether oxygens (including phenoxy) is 2. The van der Waals surface area contributed by atoms with Crippen LogP contribution in [0.1, 0.15) is 39.2 Å². The van der Waals surface area contributed by atoms with Crippen molar-refractivity contribution in [1.82, 2.24) is 20.1 Å². The topological polar surface area (TPSA) is 66.9 Å². The summed E-state index contributed by atoms with van der Waals surface area (Å²) in [6.45, 7) is 7.62. The quantitative estimate of drug-likeness (QED) is 0.227. The highest BCUT2D eigenvalue weighted by Gasteiger charge is 2.47. The van der Waals surface area contributed by atoms with Gasteiger partial charge in [-0.05, 0) is 97.5 Å². The molecule has 2 fully saturated rings. The van der Waals surface area contributed by atoms with E-state index >= 15 is 0 Å². The van der Waals surface area contributed by atoms with Crippen LogP contribution in [0.4, 0.5) is 0 Å². The van der Waals surface area contributed by atoms with Crippen molar-refractivity contribution in [2.75, 3.05) is 53.3 Å². The molecule has 1 N–H and O–H groups in total. The van der Waals surface area contributed by atoms with Crippen LogP contribution in [0.25, 0.3) is 21.3 Å². The zero-order valence-electron chi connectivity index (χ0n) is 26.0. The predicted octanol–water partition coefficient (Wildman–Crippen LogP) is 6.52. The van der Waals surface area contributed by atoms with Gasteiger partial charge in [0, 0.05) is 60.1 Å². The monoisotopic (exact) mass is 630 g/mol. The molecule has 0 atom stereocenters. The number of carbonyl (C=O) groups excluding carboxylic acids is 1. The average Bonchev–Trinajstić information content (AvgIpc) is 3.68. The first-order valence-corrected chi connectivity index (χ1v) is 16.7. The molecular formula is C35H42N4O3S2. The number of aromatic nitrogens is 1. The fourth-order valence-electron chi connectivity index (χ4n) is 5.48. The summed E-state index contributed by atoms with van der Waals surface area (Å²) in [6, 6.07) is 18.6. The van der Waals surface area contributed by atoms with Crippen LogP contribution in [0.15, 0.2) is 73.1 Å². The lowest BCUT2D eigenvalue weighted by Gasteiger charge is -2.25. The summed E-state index contributed by atoms with van der Waals surface area (Å²) < 4.78 is 10.9. The summed E-state index contributed by atoms with van der Waals surface area (Å²) in [7, 11) is 3.68. The summed E-state index contributed by atoms with van der Waals surface area (Å²) in [6.07, 6.45) is 9.52. The summed E-state index contributed by atoms with van der Waals surface area (Å²) in [5, 5.41) is 4.48. The first-order valence-electron chi connectivity index (χ1n) is 15.0. The molecule has 4 aromatic rings. The minimum Gasteiger partial charge on any atom is -0.497 e. The number of carbonyl (C=O) groups is 1. The third kappa shape index (κ3) is 7.46. The van der Waals surface area contributed by atoms with Crippen molar-refractivity contribution < 1.29 is 14.3 Å². The molecule has 0 radical (unpaired) electrons. The molecule has 0 bridgehead atoms. The molecule has 2 aromatic heterocycles. The maximum atomic E-state index is 13.5. The maximum Gasteiger partial charge on any atom is 0.252 e. The Kier molecular flexibility index (Phi) is 10.6. The van der Waals surface area contributed by atoms with E-state index in [-0.39, 0.29) is 5.91 Å². The van der Waals surface area contributed by atoms with Crippen molar-refractivity contribution >= 4 is 40.8 Å². The van der Waals surface area contributed by atoms with Crippen LogP contribution in [0.2, 0.25) is 0 Å². The van der Waals surface area contributed by atoms with E-state index in [9.17, 15) is 4.79 Å².